The Kier molecular flexibility index (Phi) is 6.04. The van der Waals surface area contributed by atoms with Crippen LogP contribution in [0, 0.1) is 0 Å². The highest BCUT2D eigenvalue weighted by molar-refractivity contribution is 7.22. The Labute approximate surface area is 203 Å². The summed E-state index contributed by atoms with van der Waals surface area (Å²) in [6.45, 7) is 0.334. The average Bonchev–Trinajstić information content (AvgIpc) is 3.53. The molecule has 0 saturated carbocycles. The van der Waals surface area contributed by atoms with Crippen LogP contribution in [0.5, 0.6) is 17.2 Å². The zero-order valence-corrected chi connectivity index (χ0v) is 20.4. The molecule has 5 aromatic rings. The maximum Gasteiger partial charge on any atom is 0.271 e. The van der Waals surface area contributed by atoms with Crippen molar-refractivity contribution in [3.63, 3.8) is 0 Å². The van der Waals surface area contributed by atoms with E-state index in [0.717, 1.165) is 32.5 Å². The van der Waals surface area contributed by atoms with Crippen molar-refractivity contribution in [1.82, 2.24) is 14.5 Å². The molecule has 0 aliphatic heterocycles. The molecule has 0 atom stereocenters. The van der Waals surface area contributed by atoms with Gasteiger partial charge in [-0.05, 0) is 48.0 Å². The lowest BCUT2D eigenvalue weighted by molar-refractivity contribution is 0.356. The van der Waals surface area contributed by atoms with Gasteiger partial charge in [0, 0.05) is 10.3 Å². The minimum Gasteiger partial charge on any atom is -0.497 e. The Morgan fingerprint density at radius 1 is 1.00 bits per heavy atom. The number of fused-ring (bicyclic) bond motifs is 1. The van der Waals surface area contributed by atoms with E-state index >= 15 is 0 Å². The van der Waals surface area contributed by atoms with Crippen LogP contribution in [-0.2, 0) is 6.54 Å². The summed E-state index contributed by atoms with van der Waals surface area (Å²) in [4.78, 5) is 23.4. The van der Waals surface area contributed by atoms with Gasteiger partial charge in [0.1, 0.15) is 15.5 Å². The van der Waals surface area contributed by atoms with Crippen LogP contribution in [-0.4, -0.2) is 35.9 Å². The van der Waals surface area contributed by atoms with Crippen LogP contribution in [0.4, 0.5) is 0 Å². The summed E-state index contributed by atoms with van der Waals surface area (Å²) in [5.74, 6) is 2.07. The number of nitrogens with zero attached hydrogens (tertiary/aromatic N) is 3. The van der Waals surface area contributed by atoms with E-state index < -0.39 is 0 Å². The molecule has 0 spiro atoms. The second-order valence-electron chi connectivity index (χ2n) is 7.42. The van der Waals surface area contributed by atoms with Crippen molar-refractivity contribution < 1.29 is 14.2 Å². The van der Waals surface area contributed by atoms with Gasteiger partial charge in [-0.1, -0.05) is 6.07 Å². The van der Waals surface area contributed by atoms with Gasteiger partial charge < -0.3 is 14.2 Å². The predicted octanol–water partition coefficient (Wildman–Crippen LogP) is 5.32. The van der Waals surface area contributed by atoms with Gasteiger partial charge in [-0.15, -0.1) is 22.7 Å². The molecule has 172 valence electrons. The van der Waals surface area contributed by atoms with Crippen LogP contribution in [0.15, 0.2) is 65.0 Å². The van der Waals surface area contributed by atoms with E-state index in [0.29, 0.717) is 28.3 Å². The molecule has 3 aromatic heterocycles. The van der Waals surface area contributed by atoms with Gasteiger partial charge in [0.15, 0.2) is 11.5 Å². The molecule has 0 aliphatic carbocycles. The third-order valence-electron chi connectivity index (χ3n) is 5.40. The molecule has 0 amide bonds. The number of thiophene rings is 1. The molecule has 0 N–H and O–H groups in total. The predicted molar refractivity (Wildman–Crippen MR) is 136 cm³/mol. The maximum absolute atomic E-state index is 13.2. The van der Waals surface area contributed by atoms with E-state index in [4.69, 9.17) is 19.2 Å². The monoisotopic (exact) mass is 491 g/mol. The fourth-order valence-corrected chi connectivity index (χ4v) is 5.59. The molecule has 0 saturated heterocycles. The normalized spacial score (nSPS) is 11.0. The van der Waals surface area contributed by atoms with Crippen LogP contribution in [0.1, 0.15) is 5.69 Å². The Morgan fingerprint density at radius 2 is 1.82 bits per heavy atom. The van der Waals surface area contributed by atoms with Crippen molar-refractivity contribution in [3.05, 3.63) is 76.3 Å². The molecule has 7 nitrogen and oxygen atoms in total. The van der Waals surface area contributed by atoms with Crippen LogP contribution in [0.3, 0.4) is 0 Å². The summed E-state index contributed by atoms with van der Waals surface area (Å²) in [5, 5.41) is 2.74. The molecule has 0 radical (unpaired) electrons. The van der Waals surface area contributed by atoms with E-state index in [2.05, 4.69) is 4.98 Å². The first-order chi connectivity index (χ1) is 16.6. The second kappa shape index (κ2) is 9.28. The van der Waals surface area contributed by atoms with Crippen molar-refractivity contribution in [1.29, 1.82) is 0 Å². The molecule has 0 bridgehead atoms. The number of thiazole rings is 1. The fraction of sp³-hybridized carbons (Fsp3) is 0.160. The van der Waals surface area contributed by atoms with E-state index in [1.807, 2.05) is 53.9 Å². The van der Waals surface area contributed by atoms with Crippen LogP contribution in [0.2, 0.25) is 0 Å². The molecular formula is C25H21N3O4S2. The standard InChI is InChI=1S/C25H21N3O4S2/c1-30-17-9-7-15(8-10-17)21-11-19-23(34-21)25(29)28(14-26-19)12-16-13-33-24(27-16)18-5-4-6-20(31-2)22(18)32-3/h4-11,13-14H,12H2,1-3H3. The van der Waals surface area contributed by atoms with E-state index in [9.17, 15) is 4.79 Å². The van der Waals surface area contributed by atoms with Crippen molar-refractivity contribution >= 4 is 32.9 Å². The van der Waals surface area contributed by atoms with Gasteiger partial charge in [0.25, 0.3) is 5.56 Å². The minimum absolute atomic E-state index is 0.0803. The number of hydrogen-bond donors (Lipinski definition) is 0. The van der Waals surface area contributed by atoms with Crippen molar-refractivity contribution in [2.45, 2.75) is 6.54 Å². The number of hydrogen-bond acceptors (Lipinski definition) is 8. The molecule has 0 unspecified atom stereocenters. The Hall–Kier alpha value is -3.69. The lowest BCUT2D eigenvalue weighted by Crippen LogP contribution is -2.20. The molecule has 9 heteroatoms. The third-order valence-corrected chi connectivity index (χ3v) is 7.48. The largest absolute Gasteiger partial charge is 0.497 e. The van der Waals surface area contributed by atoms with Crippen LogP contribution < -0.4 is 19.8 Å². The number of benzene rings is 2. The number of methoxy groups -OCH3 is 3. The molecule has 5 rings (SSSR count). The summed E-state index contributed by atoms with van der Waals surface area (Å²) >= 11 is 2.94. The average molecular weight is 492 g/mol. The summed E-state index contributed by atoms with van der Waals surface area (Å²) in [7, 11) is 4.85. The third kappa shape index (κ3) is 4.04. The highest BCUT2D eigenvalue weighted by Gasteiger charge is 2.16. The lowest BCUT2D eigenvalue weighted by atomic mass is 10.2. The number of rotatable bonds is 7. The smallest absolute Gasteiger partial charge is 0.271 e. The van der Waals surface area contributed by atoms with E-state index in [1.54, 1.807) is 32.2 Å². The Morgan fingerprint density at radius 3 is 2.56 bits per heavy atom. The quantitative estimate of drug-likeness (QED) is 0.307. The Balaban J connectivity index is 1.44. The molecule has 0 aliphatic rings. The number of aromatic nitrogens is 3. The second-order valence-corrected chi connectivity index (χ2v) is 9.33. The van der Waals surface area contributed by atoms with Gasteiger partial charge in [-0.2, -0.15) is 0 Å². The first-order valence-corrected chi connectivity index (χ1v) is 12.1. The summed E-state index contributed by atoms with van der Waals surface area (Å²) in [6, 6.07) is 15.4. The summed E-state index contributed by atoms with van der Waals surface area (Å²) in [5.41, 5.74) is 3.26. The first kappa shape index (κ1) is 22.1. The SMILES string of the molecule is COc1ccc(-c2cc3ncn(Cc4csc(-c5cccc(OC)c5OC)n4)c(=O)c3s2)cc1. The first-order valence-electron chi connectivity index (χ1n) is 10.4. The van der Waals surface area contributed by atoms with Gasteiger partial charge in [0.2, 0.25) is 0 Å². The van der Waals surface area contributed by atoms with Crippen LogP contribution >= 0.6 is 22.7 Å². The van der Waals surface area contributed by atoms with Gasteiger partial charge in [-0.3, -0.25) is 9.36 Å². The van der Waals surface area contributed by atoms with Gasteiger partial charge in [0.05, 0.1) is 51.0 Å². The van der Waals surface area contributed by atoms with Crippen LogP contribution in [0.25, 0.3) is 31.2 Å². The van der Waals surface area contributed by atoms with Gasteiger partial charge >= 0.3 is 0 Å². The zero-order valence-electron chi connectivity index (χ0n) is 18.8. The minimum atomic E-state index is -0.0803. The summed E-state index contributed by atoms with van der Waals surface area (Å²) in [6.07, 6.45) is 1.58. The number of ether oxygens (including phenoxy) is 3. The summed E-state index contributed by atoms with van der Waals surface area (Å²) < 4.78 is 18.4. The molecule has 34 heavy (non-hydrogen) atoms. The molecular weight excluding hydrogens is 470 g/mol. The van der Waals surface area contributed by atoms with Crippen molar-refractivity contribution in [2.24, 2.45) is 0 Å². The highest BCUT2D eigenvalue weighted by atomic mass is 32.1. The topological polar surface area (TPSA) is 75.5 Å². The fourth-order valence-electron chi connectivity index (χ4n) is 3.69. The molecule has 3 heterocycles. The highest BCUT2D eigenvalue weighted by Crippen LogP contribution is 2.39. The van der Waals surface area contributed by atoms with E-state index in [-0.39, 0.29) is 5.56 Å². The molecule has 2 aromatic carbocycles. The van der Waals surface area contributed by atoms with Gasteiger partial charge in [-0.25, -0.2) is 9.97 Å². The molecule has 0 fully saturated rings. The van der Waals surface area contributed by atoms with Crippen molar-refractivity contribution in [3.8, 4) is 38.3 Å². The lowest BCUT2D eigenvalue weighted by Gasteiger charge is -2.10. The Bertz CT molecular complexity index is 1520. The van der Waals surface area contributed by atoms with Crippen molar-refractivity contribution in [2.75, 3.05) is 21.3 Å². The van der Waals surface area contributed by atoms with E-state index in [1.165, 1.54) is 22.7 Å². The zero-order chi connectivity index (χ0) is 23.7. The number of para-hydroxylation sites is 1. The maximum atomic E-state index is 13.2.